The van der Waals surface area contributed by atoms with E-state index in [2.05, 4.69) is 14.0 Å². The zero-order valence-electron chi connectivity index (χ0n) is 9.98. The Morgan fingerprint density at radius 3 is 2.89 bits per heavy atom. The maximum absolute atomic E-state index is 11.6. The van der Waals surface area contributed by atoms with Crippen molar-refractivity contribution in [3.63, 3.8) is 0 Å². The molecule has 0 spiro atoms. The Hall–Kier alpha value is -0.0900. The minimum Gasteiger partial charge on any atom is -0.349 e. The Labute approximate surface area is 129 Å². The second-order valence-corrected chi connectivity index (χ2v) is 5.17. The van der Waals surface area contributed by atoms with Crippen LogP contribution >= 0.6 is 47.1 Å². The number of nitrogens with zero attached hydrogens (tertiary/aromatic N) is 1. The van der Waals surface area contributed by atoms with Gasteiger partial charge in [-0.3, -0.25) is 8.98 Å². The largest absolute Gasteiger partial charge is 0.349 e. The molecule has 1 aromatic rings. The fourth-order valence-corrected chi connectivity index (χ4v) is 2.39. The highest BCUT2D eigenvalue weighted by molar-refractivity contribution is 7.89. The molecule has 0 saturated heterocycles. The minimum absolute atomic E-state index is 0.126. The van der Waals surface area contributed by atoms with Crippen LogP contribution in [0.1, 0.15) is 23.0 Å². The molecule has 0 atom stereocenters. The van der Waals surface area contributed by atoms with Crippen LogP contribution in [0.2, 0.25) is 10.2 Å². The van der Waals surface area contributed by atoms with Gasteiger partial charge in [0.05, 0.1) is 6.61 Å². The predicted molar refractivity (Wildman–Crippen MR) is 75.3 cm³/mol. The first-order valence-corrected chi connectivity index (χ1v) is 7.53. The highest BCUT2D eigenvalue weighted by Crippen LogP contribution is 2.28. The van der Waals surface area contributed by atoms with Crippen LogP contribution in [0.5, 0.6) is 0 Å². The molecule has 108 valence electrons. The van der Waals surface area contributed by atoms with Crippen molar-refractivity contribution in [2.45, 2.75) is 13.3 Å². The fraction of sp³-hybridized carbons (Fsp3) is 0.556. The van der Waals surface area contributed by atoms with Gasteiger partial charge in [-0.2, -0.15) is 4.37 Å². The molecule has 0 bridgehead atoms. The normalized spacial score (nSPS) is 10.7. The van der Waals surface area contributed by atoms with Crippen molar-refractivity contribution in [3.8, 4) is 0 Å². The fourth-order valence-electron chi connectivity index (χ4n) is 0.878. The van der Waals surface area contributed by atoms with Crippen LogP contribution in [0, 0.1) is 0 Å². The van der Waals surface area contributed by atoms with E-state index in [0.717, 1.165) is 30.3 Å². The van der Waals surface area contributed by atoms with Crippen LogP contribution in [0.15, 0.2) is 0 Å². The molecule has 1 heterocycles. The van der Waals surface area contributed by atoms with E-state index in [1.807, 2.05) is 6.92 Å². The molecular formula is C9H12Cl2N2O4S2. The number of nitrogens with one attached hydrogen (secondary N) is 1. The number of halogens is 2. The number of carbonyl (C=O) groups is 1. The first-order valence-electron chi connectivity index (χ1n) is 5.33. The van der Waals surface area contributed by atoms with Crippen molar-refractivity contribution >= 4 is 53.0 Å². The van der Waals surface area contributed by atoms with Crippen LogP contribution in [0.4, 0.5) is 0 Å². The number of hydrogen-bond donors (Lipinski definition) is 1. The molecule has 6 nitrogen and oxygen atoms in total. The smallest absolute Gasteiger partial charge is 0.264 e. The maximum atomic E-state index is 11.6. The zero-order chi connectivity index (χ0) is 14.1. The average molecular weight is 347 g/mol. The Kier molecular flexibility index (Phi) is 8.71. The maximum Gasteiger partial charge on any atom is 0.264 e. The lowest BCUT2D eigenvalue weighted by Crippen LogP contribution is -2.26. The van der Waals surface area contributed by atoms with Gasteiger partial charge in [-0.1, -0.05) is 30.1 Å². The molecule has 0 aliphatic rings. The summed E-state index contributed by atoms with van der Waals surface area (Å²) in [5, 5.41) is 2.87. The monoisotopic (exact) mass is 346 g/mol. The summed E-state index contributed by atoms with van der Waals surface area (Å²) in [4.78, 5) is 16.7. The van der Waals surface area contributed by atoms with Crippen molar-refractivity contribution in [2.24, 2.45) is 0 Å². The topological polar surface area (TPSA) is 69.7 Å². The first kappa shape index (κ1) is 17.0. The van der Waals surface area contributed by atoms with E-state index in [1.165, 1.54) is 0 Å². The summed E-state index contributed by atoms with van der Waals surface area (Å²) in [6.45, 7) is 3.00. The summed E-state index contributed by atoms with van der Waals surface area (Å²) < 4.78 is 13.3. The van der Waals surface area contributed by atoms with Crippen LogP contribution in [-0.4, -0.2) is 30.0 Å². The van der Waals surface area contributed by atoms with Crippen molar-refractivity contribution in [2.75, 3.05) is 19.8 Å². The van der Waals surface area contributed by atoms with E-state index in [4.69, 9.17) is 32.3 Å². The van der Waals surface area contributed by atoms with Gasteiger partial charge in [0.1, 0.15) is 16.5 Å². The Morgan fingerprint density at radius 2 is 2.26 bits per heavy atom. The molecular weight excluding hydrogens is 335 g/mol. The number of rotatable bonds is 9. The average Bonchev–Trinajstić information content (AvgIpc) is 2.73. The molecule has 0 aliphatic heterocycles. The summed E-state index contributed by atoms with van der Waals surface area (Å²) in [7, 11) is 0. The third-order valence-electron chi connectivity index (χ3n) is 1.69. The molecule has 1 aromatic heterocycles. The summed E-state index contributed by atoms with van der Waals surface area (Å²) in [6, 6.07) is 0. The zero-order valence-corrected chi connectivity index (χ0v) is 13.1. The Morgan fingerprint density at radius 1 is 1.47 bits per heavy atom. The van der Waals surface area contributed by atoms with Crippen LogP contribution in [0.3, 0.4) is 0 Å². The molecule has 0 aliphatic carbocycles. The Bertz CT molecular complexity index is 406. The molecule has 0 radical (unpaired) electrons. The van der Waals surface area contributed by atoms with E-state index in [1.54, 1.807) is 0 Å². The summed E-state index contributed by atoms with van der Waals surface area (Å²) in [5.41, 5.74) is 0. The van der Waals surface area contributed by atoms with Gasteiger partial charge in [0.25, 0.3) is 5.91 Å². The standard InChI is InChI=1S/C9H12Cl2N2O4S2/c1-2-4-16-19-17-15-5-3-12-9(14)7-6(10)8(11)13-18-7/h2-5H2,1H3,(H,12,14). The van der Waals surface area contributed by atoms with Crippen molar-refractivity contribution in [1.29, 1.82) is 0 Å². The van der Waals surface area contributed by atoms with Gasteiger partial charge in [-0.25, -0.2) is 4.89 Å². The predicted octanol–water partition coefficient (Wildman–Crippen LogP) is 3.12. The number of hydrogen-bond acceptors (Lipinski definition) is 7. The van der Waals surface area contributed by atoms with Gasteiger partial charge in [0, 0.05) is 6.54 Å². The number of amides is 1. The Balaban J connectivity index is 2.10. The molecule has 0 fully saturated rings. The van der Waals surface area contributed by atoms with E-state index in [9.17, 15) is 4.79 Å². The third-order valence-corrected chi connectivity index (χ3v) is 3.90. The lowest BCUT2D eigenvalue weighted by molar-refractivity contribution is -0.194. The molecule has 1 N–H and O–H groups in total. The summed E-state index contributed by atoms with van der Waals surface area (Å²) in [6.07, 6.45) is 0.893. The van der Waals surface area contributed by atoms with Gasteiger partial charge in [0.15, 0.2) is 17.5 Å². The van der Waals surface area contributed by atoms with Crippen LogP contribution in [0.25, 0.3) is 0 Å². The van der Waals surface area contributed by atoms with E-state index < -0.39 is 0 Å². The number of aromatic nitrogens is 1. The third kappa shape index (κ3) is 6.26. The lowest BCUT2D eigenvalue weighted by atomic mass is 10.4. The van der Waals surface area contributed by atoms with Crippen molar-refractivity contribution in [3.05, 3.63) is 15.1 Å². The van der Waals surface area contributed by atoms with Gasteiger partial charge in [0.2, 0.25) is 0 Å². The molecule has 0 saturated carbocycles. The first-order chi connectivity index (χ1) is 9.16. The molecule has 0 unspecified atom stereocenters. The quantitative estimate of drug-likeness (QED) is 0.320. The SMILES string of the molecule is CCCOSOOCCNC(=O)c1snc(Cl)c1Cl. The van der Waals surface area contributed by atoms with Gasteiger partial charge < -0.3 is 5.32 Å². The number of carbonyl (C=O) groups excluding carboxylic acids is 1. The highest BCUT2D eigenvalue weighted by atomic mass is 35.5. The highest BCUT2D eigenvalue weighted by Gasteiger charge is 2.16. The summed E-state index contributed by atoms with van der Waals surface area (Å²) in [5.74, 6) is -0.354. The van der Waals surface area contributed by atoms with E-state index in [-0.39, 0.29) is 34.1 Å². The molecule has 1 rings (SSSR count). The minimum atomic E-state index is -0.354. The van der Waals surface area contributed by atoms with E-state index >= 15 is 0 Å². The second-order valence-electron chi connectivity index (χ2n) is 3.15. The van der Waals surface area contributed by atoms with Gasteiger partial charge in [-0.05, 0) is 18.0 Å². The molecule has 19 heavy (non-hydrogen) atoms. The molecule has 0 aromatic carbocycles. The van der Waals surface area contributed by atoms with E-state index in [0.29, 0.717) is 6.61 Å². The van der Waals surface area contributed by atoms with Crippen LogP contribution < -0.4 is 5.32 Å². The lowest BCUT2D eigenvalue weighted by Gasteiger charge is -2.04. The summed E-state index contributed by atoms with van der Waals surface area (Å²) >= 11 is 13.1. The van der Waals surface area contributed by atoms with Crippen molar-refractivity contribution < 1.29 is 18.2 Å². The van der Waals surface area contributed by atoms with Gasteiger partial charge in [-0.15, -0.1) is 4.33 Å². The van der Waals surface area contributed by atoms with Crippen molar-refractivity contribution in [1.82, 2.24) is 9.69 Å². The molecule has 1 amide bonds. The van der Waals surface area contributed by atoms with Crippen LogP contribution in [-0.2, 0) is 13.4 Å². The van der Waals surface area contributed by atoms with Gasteiger partial charge >= 0.3 is 0 Å². The molecule has 10 heteroatoms. The second kappa shape index (κ2) is 9.76.